The number of carbonyl (C=O) groups excluding carboxylic acids is 1. The van der Waals surface area contributed by atoms with Crippen molar-refractivity contribution in [3.05, 3.63) is 29.8 Å². The van der Waals surface area contributed by atoms with E-state index in [1.54, 1.807) is 17.0 Å². The van der Waals surface area contributed by atoms with Gasteiger partial charge in [0.15, 0.2) is 0 Å². The summed E-state index contributed by atoms with van der Waals surface area (Å²) in [5.41, 5.74) is 6.34. The standard InChI is InChI=1S/C16H25N3O3S.ClH/c1-16(2)11-19(9-8-14(16)17)15(20)12-6-5-7-13(10-12)23(21,22)18(3)4;/h5-7,10,14H,8-9,11,17H2,1-4H3;1H. The van der Waals surface area contributed by atoms with Crippen LogP contribution >= 0.6 is 12.4 Å². The maximum absolute atomic E-state index is 12.7. The Morgan fingerprint density at radius 2 is 1.96 bits per heavy atom. The highest BCUT2D eigenvalue weighted by Crippen LogP contribution is 2.28. The zero-order valence-corrected chi connectivity index (χ0v) is 16.2. The molecule has 1 unspecified atom stereocenters. The van der Waals surface area contributed by atoms with E-state index in [1.807, 2.05) is 13.8 Å². The average molecular weight is 376 g/mol. The van der Waals surface area contributed by atoms with Gasteiger partial charge in [0.1, 0.15) is 0 Å². The van der Waals surface area contributed by atoms with Crippen molar-refractivity contribution in [2.45, 2.75) is 31.2 Å². The first-order chi connectivity index (χ1) is 10.6. The molecule has 1 saturated heterocycles. The van der Waals surface area contributed by atoms with Crippen LogP contribution in [0.1, 0.15) is 30.6 Å². The highest BCUT2D eigenvalue weighted by Gasteiger charge is 2.35. The van der Waals surface area contributed by atoms with Crippen LogP contribution in [0.4, 0.5) is 0 Å². The fraction of sp³-hybridized carbons (Fsp3) is 0.562. The summed E-state index contributed by atoms with van der Waals surface area (Å²) in [7, 11) is -0.611. The number of carbonyl (C=O) groups is 1. The molecule has 24 heavy (non-hydrogen) atoms. The molecule has 8 heteroatoms. The summed E-state index contributed by atoms with van der Waals surface area (Å²) in [6.07, 6.45) is 0.744. The predicted molar refractivity (Wildman–Crippen MR) is 96.8 cm³/mol. The van der Waals surface area contributed by atoms with Crippen LogP contribution < -0.4 is 5.73 Å². The van der Waals surface area contributed by atoms with Gasteiger partial charge < -0.3 is 10.6 Å². The Labute approximate surface area is 150 Å². The summed E-state index contributed by atoms with van der Waals surface area (Å²) in [6, 6.07) is 6.26. The van der Waals surface area contributed by atoms with Crippen LogP contribution in [0.15, 0.2) is 29.2 Å². The lowest BCUT2D eigenvalue weighted by atomic mass is 9.79. The van der Waals surface area contributed by atoms with E-state index in [0.717, 1.165) is 10.7 Å². The van der Waals surface area contributed by atoms with Crippen LogP contribution in [0.25, 0.3) is 0 Å². The average Bonchev–Trinajstić information content (AvgIpc) is 2.49. The van der Waals surface area contributed by atoms with Gasteiger partial charge in [-0.25, -0.2) is 12.7 Å². The minimum atomic E-state index is -3.55. The number of hydrogen-bond acceptors (Lipinski definition) is 4. The number of likely N-dealkylation sites (tertiary alicyclic amines) is 1. The Balaban J connectivity index is 0.00000288. The Bertz CT molecular complexity index is 704. The molecule has 0 aromatic heterocycles. The number of rotatable bonds is 3. The first kappa shape index (κ1) is 20.9. The number of benzene rings is 1. The number of hydrogen-bond donors (Lipinski definition) is 1. The van der Waals surface area contributed by atoms with Crippen LogP contribution in [0, 0.1) is 5.41 Å². The second-order valence-corrected chi connectivity index (χ2v) is 9.08. The van der Waals surface area contributed by atoms with Crippen molar-refractivity contribution in [1.82, 2.24) is 9.21 Å². The molecular weight excluding hydrogens is 350 g/mol. The number of amides is 1. The fourth-order valence-corrected chi connectivity index (χ4v) is 3.68. The van der Waals surface area contributed by atoms with Gasteiger partial charge >= 0.3 is 0 Å². The molecule has 1 aromatic rings. The molecule has 1 aromatic carbocycles. The van der Waals surface area contributed by atoms with Crippen molar-refractivity contribution in [3.8, 4) is 0 Å². The van der Waals surface area contributed by atoms with Crippen LogP contribution in [-0.2, 0) is 10.0 Å². The largest absolute Gasteiger partial charge is 0.338 e. The van der Waals surface area contributed by atoms with E-state index in [-0.39, 0.29) is 34.7 Å². The van der Waals surface area contributed by atoms with Gasteiger partial charge in [-0.2, -0.15) is 0 Å². The third-order valence-electron chi connectivity index (χ3n) is 4.46. The van der Waals surface area contributed by atoms with Crippen LogP contribution in [0.5, 0.6) is 0 Å². The number of halogens is 1. The summed E-state index contributed by atoms with van der Waals surface area (Å²) < 4.78 is 25.6. The molecule has 0 spiro atoms. The van der Waals surface area contributed by atoms with Crippen LogP contribution in [-0.4, -0.2) is 56.8 Å². The molecule has 0 saturated carbocycles. The van der Waals surface area contributed by atoms with E-state index in [0.29, 0.717) is 18.7 Å². The molecule has 0 bridgehead atoms. The highest BCUT2D eigenvalue weighted by molar-refractivity contribution is 7.89. The van der Waals surface area contributed by atoms with Gasteiger partial charge in [0.2, 0.25) is 10.0 Å². The first-order valence-electron chi connectivity index (χ1n) is 7.63. The minimum absolute atomic E-state index is 0. The molecule has 1 amide bonds. The Kier molecular flexibility index (Phi) is 6.43. The van der Waals surface area contributed by atoms with Gasteiger partial charge in [-0.15, -0.1) is 12.4 Å². The summed E-state index contributed by atoms with van der Waals surface area (Å²) in [5, 5.41) is 0. The smallest absolute Gasteiger partial charge is 0.253 e. The summed E-state index contributed by atoms with van der Waals surface area (Å²) >= 11 is 0. The Morgan fingerprint density at radius 3 is 2.50 bits per heavy atom. The maximum atomic E-state index is 12.7. The summed E-state index contributed by atoms with van der Waals surface area (Å²) in [4.78, 5) is 14.6. The molecule has 2 N–H and O–H groups in total. The lowest BCUT2D eigenvalue weighted by Gasteiger charge is -2.42. The molecule has 0 aliphatic carbocycles. The van der Waals surface area contributed by atoms with Gasteiger partial charge in [0.05, 0.1) is 4.90 Å². The van der Waals surface area contributed by atoms with Gasteiger partial charge in [-0.05, 0) is 30.0 Å². The fourth-order valence-electron chi connectivity index (χ4n) is 2.73. The number of sulfonamides is 1. The number of nitrogens with zero attached hydrogens (tertiary/aromatic N) is 2. The number of piperidine rings is 1. The van der Waals surface area contributed by atoms with E-state index in [9.17, 15) is 13.2 Å². The van der Waals surface area contributed by atoms with Crippen LogP contribution in [0.2, 0.25) is 0 Å². The van der Waals surface area contributed by atoms with Gasteiger partial charge in [-0.1, -0.05) is 19.9 Å². The van der Waals surface area contributed by atoms with Crippen molar-refractivity contribution >= 4 is 28.3 Å². The van der Waals surface area contributed by atoms with E-state index in [1.165, 1.54) is 26.2 Å². The highest BCUT2D eigenvalue weighted by atomic mass is 35.5. The van der Waals surface area contributed by atoms with Gasteiger partial charge in [-0.3, -0.25) is 4.79 Å². The maximum Gasteiger partial charge on any atom is 0.253 e. The third-order valence-corrected chi connectivity index (χ3v) is 6.27. The van der Waals surface area contributed by atoms with Crippen molar-refractivity contribution in [2.75, 3.05) is 27.2 Å². The summed E-state index contributed by atoms with van der Waals surface area (Å²) in [6.45, 7) is 5.25. The zero-order valence-electron chi connectivity index (χ0n) is 14.5. The second kappa shape index (κ2) is 7.39. The minimum Gasteiger partial charge on any atom is -0.338 e. The topological polar surface area (TPSA) is 83.7 Å². The Morgan fingerprint density at radius 1 is 1.33 bits per heavy atom. The van der Waals surface area contributed by atoms with Crippen LogP contribution in [0.3, 0.4) is 0 Å². The SMILES string of the molecule is CN(C)S(=O)(=O)c1cccc(C(=O)N2CCC(N)C(C)(C)C2)c1.Cl. The lowest BCUT2D eigenvalue weighted by Crippen LogP contribution is -2.54. The molecule has 1 aliphatic rings. The molecule has 1 fully saturated rings. The molecule has 1 atom stereocenters. The first-order valence-corrected chi connectivity index (χ1v) is 9.07. The molecular formula is C16H26ClN3O3S. The van der Waals surface area contributed by atoms with Gasteiger partial charge in [0.25, 0.3) is 5.91 Å². The monoisotopic (exact) mass is 375 g/mol. The van der Waals surface area contributed by atoms with Crippen molar-refractivity contribution in [3.63, 3.8) is 0 Å². The predicted octanol–water partition coefficient (Wildman–Crippen LogP) is 1.56. The third kappa shape index (κ3) is 4.08. The normalized spacial score (nSPS) is 20.6. The Hall–Kier alpha value is -1.15. The number of nitrogens with two attached hydrogens (primary N) is 1. The van der Waals surface area contributed by atoms with E-state index >= 15 is 0 Å². The lowest BCUT2D eigenvalue weighted by molar-refractivity contribution is 0.0533. The van der Waals surface area contributed by atoms with E-state index in [4.69, 9.17) is 5.73 Å². The van der Waals surface area contributed by atoms with E-state index < -0.39 is 10.0 Å². The second-order valence-electron chi connectivity index (χ2n) is 6.93. The zero-order chi connectivity index (χ0) is 17.4. The molecule has 1 aliphatic heterocycles. The van der Waals surface area contributed by atoms with E-state index in [2.05, 4.69) is 0 Å². The summed E-state index contributed by atoms with van der Waals surface area (Å²) in [5.74, 6) is -0.152. The van der Waals surface area contributed by atoms with Gasteiger partial charge in [0, 0.05) is 38.8 Å². The molecule has 1 heterocycles. The van der Waals surface area contributed by atoms with Crippen molar-refractivity contribution in [2.24, 2.45) is 11.1 Å². The van der Waals surface area contributed by atoms with Crippen molar-refractivity contribution < 1.29 is 13.2 Å². The molecule has 2 rings (SSSR count). The molecule has 6 nitrogen and oxygen atoms in total. The molecule has 0 radical (unpaired) electrons. The molecule has 136 valence electrons. The quantitative estimate of drug-likeness (QED) is 0.868. The van der Waals surface area contributed by atoms with Crippen molar-refractivity contribution in [1.29, 1.82) is 0 Å².